The van der Waals surface area contributed by atoms with Crippen LogP contribution in [0, 0.1) is 0 Å². The minimum Gasteiger partial charge on any atom is -0.508 e. The number of carbonyl (C=O) groups excluding carboxylic acids is 2. The van der Waals surface area contributed by atoms with Gasteiger partial charge in [0.15, 0.2) is 5.13 Å². The lowest BCUT2D eigenvalue weighted by Crippen LogP contribution is -2.29. The zero-order chi connectivity index (χ0) is 25.6. The van der Waals surface area contributed by atoms with E-state index in [9.17, 15) is 19.8 Å². The Hall–Kier alpha value is -3.88. The number of hydrogen-bond acceptors (Lipinski definition) is 7. The summed E-state index contributed by atoms with van der Waals surface area (Å²) >= 11 is 7.43. The average Bonchev–Trinajstić information content (AvgIpc) is 3.42. The van der Waals surface area contributed by atoms with Crippen LogP contribution in [-0.2, 0) is 16.0 Å². The third kappa shape index (κ3) is 3.98. The molecule has 3 aromatic carbocycles. The Morgan fingerprint density at radius 3 is 2.56 bits per heavy atom. The van der Waals surface area contributed by atoms with Gasteiger partial charge in [-0.05, 0) is 60.0 Å². The number of methoxy groups -OCH3 is 1. The molecular formula is C27H21ClN2O5S. The van der Waals surface area contributed by atoms with Gasteiger partial charge in [0.2, 0.25) is 0 Å². The van der Waals surface area contributed by atoms with Crippen LogP contribution in [0.15, 0.2) is 66.2 Å². The van der Waals surface area contributed by atoms with Crippen LogP contribution in [0.4, 0.5) is 5.13 Å². The van der Waals surface area contributed by atoms with Gasteiger partial charge in [0.25, 0.3) is 5.78 Å². The van der Waals surface area contributed by atoms with Crippen LogP contribution in [0.5, 0.6) is 11.5 Å². The number of halogens is 1. The second kappa shape index (κ2) is 9.29. The summed E-state index contributed by atoms with van der Waals surface area (Å²) in [7, 11) is 1.44. The molecule has 9 heteroatoms. The van der Waals surface area contributed by atoms with Crippen LogP contribution >= 0.6 is 22.9 Å². The number of hydrogen-bond donors (Lipinski definition) is 2. The van der Waals surface area contributed by atoms with Crippen molar-refractivity contribution in [2.45, 2.75) is 19.4 Å². The van der Waals surface area contributed by atoms with Crippen LogP contribution < -0.4 is 9.64 Å². The van der Waals surface area contributed by atoms with Crippen LogP contribution in [0.1, 0.15) is 29.7 Å². The molecule has 0 saturated carbocycles. The quantitative estimate of drug-likeness (QED) is 0.194. The summed E-state index contributed by atoms with van der Waals surface area (Å²) in [5, 5.41) is 21.8. The van der Waals surface area contributed by atoms with Crippen molar-refractivity contribution in [2.75, 3.05) is 12.0 Å². The molecule has 1 unspecified atom stereocenters. The number of ether oxygens (including phenoxy) is 1. The molecule has 4 aromatic rings. The van der Waals surface area contributed by atoms with Crippen molar-refractivity contribution in [3.8, 4) is 11.5 Å². The third-order valence-electron chi connectivity index (χ3n) is 6.13. The van der Waals surface area contributed by atoms with Crippen molar-refractivity contribution in [1.29, 1.82) is 0 Å². The summed E-state index contributed by atoms with van der Waals surface area (Å²) in [5.41, 5.74) is 2.55. The summed E-state index contributed by atoms with van der Waals surface area (Å²) in [6.45, 7) is 2.05. The Bertz CT molecular complexity index is 1540. The first-order valence-corrected chi connectivity index (χ1v) is 12.3. The number of nitrogens with zero attached hydrogens (tertiary/aromatic N) is 2. The van der Waals surface area contributed by atoms with Crippen LogP contribution in [0.3, 0.4) is 0 Å². The number of aliphatic hydroxyl groups excluding tert-OH is 1. The van der Waals surface area contributed by atoms with Crippen molar-refractivity contribution >= 4 is 55.7 Å². The number of thiazole rings is 1. The number of anilines is 1. The van der Waals surface area contributed by atoms with Gasteiger partial charge < -0.3 is 14.9 Å². The summed E-state index contributed by atoms with van der Waals surface area (Å²) in [6, 6.07) is 15.7. The monoisotopic (exact) mass is 520 g/mol. The van der Waals surface area contributed by atoms with E-state index < -0.39 is 17.7 Å². The molecule has 7 nitrogen and oxygen atoms in total. The highest BCUT2D eigenvalue weighted by atomic mass is 35.5. The Morgan fingerprint density at radius 1 is 1.11 bits per heavy atom. The molecule has 1 fully saturated rings. The maximum absolute atomic E-state index is 13.4. The number of carbonyl (C=O) groups is 2. The van der Waals surface area contributed by atoms with Gasteiger partial charge in [-0.25, -0.2) is 4.98 Å². The second-order valence-electron chi connectivity index (χ2n) is 8.26. The number of phenols is 1. The lowest BCUT2D eigenvalue weighted by molar-refractivity contribution is -0.132. The average molecular weight is 521 g/mol. The highest BCUT2D eigenvalue weighted by Gasteiger charge is 2.48. The van der Waals surface area contributed by atoms with Gasteiger partial charge in [-0.3, -0.25) is 14.5 Å². The first kappa shape index (κ1) is 23.8. The van der Waals surface area contributed by atoms with Crippen molar-refractivity contribution in [2.24, 2.45) is 0 Å². The van der Waals surface area contributed by atoms with Gasteiger partial charge in [0, 0.05) is 5.56 Å². The number of rotatable bonds is 5. The zero-order valence-corrected chi connectivity index (χ0v) is 20.9. The molecule has 1 atom stereocenters. The van der Waals surface area contributed by atoms with Gasteiger partial charge in [-0.15, -0.1) is 0 Å². The van der Waals surface area contributed by atoms with E-state index in [1.54, 1.807) is 24.3 Å². The number of amides is 1. The molecule has 0 aliphatic carbocycles. The topological polar surface area (TPSA) is 100.0 Å². The summed E-state index contributed by atoms with van der Waals surface area (Å²) in [5.74, 6) is -1.66. The molecule has 1 amide bonds. The maximum atomic E-state index is 13.4. The molecule has 5 rings (SSSR count). The number of fused-ring (bicyclic) bond motifs is 1. The minimum absolute atomic E-state index is 0.0326. The zero-order valence-electron chi connectivity index (χ0n) is 19.4. The van der Waals surface area contributed by atoms with E-state index in [0.717, 1.165) is 16.7 Å². The van der Waals surface area contributed by atoms with E-state index in [-0.39, 0.29) is 22.6 Å². The fraction of sp³-hybridized carbons (Fsp3) is 0.148. The van der Waals surface area contributed by atoms with Gasteiger partial charge in [0.05, 0.1) is 34.0 Å². The van der Waals surface area contributed by atoms with Crippen molar-refractivity contribution < 1.29 is 24.5 Å². The fourth-order valence-electron chi connectivity index (χ4n) is 4.24. The number of aromatic hydroxyl groups is 1. The molecule has 0 radical (unpaired) electrons. The lowest BCUT2D eigenvalue weighted by Gasteiger charge is -2.23. The normalized spacial score (nSPS) is 17.2. The molecule has 36 heavy (non-hydrogen) atoms. The third-order valence-corrected chi connectivity index (χ3v) is 7.46. The fourth-order valence-corrected chi connectivity index (χ4v) is 5.49. The van der Waals surface area contributed by atoms with E-state index in [0.29, 0.717) is 27.0 Å². The van der Waals surface area contributed by atoms with E-state index in [2.05, 4.69) is 11.9 Å². The number of aryl methyl sites for hydroxylation is 1. The summed E-state index contributed by atoms with van der Waals surface area (Å²) in [6.07, 6.45) is 0.853. The number of benzene rings is 3. The van der Waals surface area contributed by atoms with Crippen molar-refractivity contribution in [1.82, 2.24) is 4.98 Å². The first-order valence-electron chi connectivity index (χ1n) is 11.2. The molecule has 0 spiro atoms. The highest BCUT2D eigenvalue weighted by Crippen LogP contribution is 2.45. The maximum Gasteiger partial charge on any atom is 0.301 e. The predicted octanol–water partition coefficient (Wildman–Crippen LogP) is 5.85. The predicted molar refractivity (Wildman–Crippen MR) is 140 cm³/mol. The molecule has 2 N–H and O–H groups in total. The lowest BCUT2D eigenvalue weighted by atomic mass is 9.95. The number of Topliss-reactive ketones (excluding diaryl/α,β-unsaturated/α-hetero) is 1. The molecule has 1 aliphatic heterocycles. The number of ketones is 1. The van der Waals surface area contributed by atoms with Gasteiger partial charge in [0.1, 0.15) is 17.3 Å². The van der Waals surface area contributed by atoms with Crippen molar-refractivity contribution in [3.05, 3.63) is 87.9 Å². The number of phenolic OH excluding ortho intramolecular Hbond substituents is 1. The molecule has 1 aliphatic rings. The minimum atomic E-state index is -0.960. The van der Waals surface area contributed by atoms with E-state index >= 15 is 0 Å². The van der Waals surface area contributed by atoms with Crippen LogP contribution in [-0.4, -0.2) is 34.0 Å². The van der Waals surface area contributed by atoms with Gasteiger partial charge in [-0.1, -0.05) is 48.1 Å². The Morgan fingerprint density at radius 2 is 1.86 bits per heavy atom. The molecule has 182 valence electrons. The highest BCUT2D eigenvalue weighted by molar-refractivity contribution is 7.22. The Balaban J connectivity index is 1.72. The van der Waals surface area contributed by atoms with Crippen molar-refractivity contribution in [3.63, 3.8) is 0 Å². The molecule has 1 saturated heterocycles. The number of aliphatic hydroxyl groups is 1. The second-order valence-corrected chi connectivity index (χ2v) is 9.68. The van der Waals surface area contributed by atoms with Gasteiger partial charge >= 0.3 is 5.91 Å². The standard InChI is InChI=1S/C27H21ClN2O5S/c1-3-14-4-11-19-21(12-14)36-27(29-19)30-23(15-5-8-17(31)9-6-15)22(25(33)26(30)34)24(32)16-7-10-18(28)20(13-16)35-2/h4-13,23,31-32H,3H2,1-2H3/b24-22+. The van der Waals surface area contributed by atoms with E-state index in [1.165, 1.54) is 41.5 Å². The Kier molecular flexibility index (Phi) is 6.15. The van der Waals surface area contributed by atoms with Crippen LogP contribution in [0.25, 0.3) is 16.0 Å². The summed E-state index contributed by atoms with van der Waals surface area (Å²) < 4.78 is 6.14. The van der Waals surface area contributed by atoms with E-state index in [4.69, 9.17) is 16.3 Å². The molecule has 2 heterocycles. The number of aromatic nitrogens is 1. The molecule has 0 bridgehead atoms. The SMILES string of the molecule is CCc1ccc2nc(N3C(=O)C(=O)/C(=C(/O)c4ccc(Cl)c(OC)c4)C3c3ccc(O)cc3)sc2c1. The molecule has 1 aromatic heterocycles. The molecular weight excluding hydrogens is 500 g/mol. The first-order chi connectivity index (χ1) is 17.3. The largest absolute Gasteiger partial charge is 0.508 e. The summed E-state index contributed by atoms with van der Waals surface area (Å²) in [4.78, 5) is 32.7. The Labute approximate surface area is 215 Å². The smallest absolute Gasteiger partial charge is 0.301 e. The van der Waals surface area contributed by atoms with Crippen LogP contribution in [0.2, 0.25) is 5.02 Å². The van der Waals surface area contributed by atoms with Gasteiger partial charge in [-0.2, -0.15) is 0 Å². The van der Waals surface area contributed by atoms with E-state index in [1.807, 2.05) is 18.2 Å².